The minimum Gasteiger partial charge on any atom is -0.342 e. The van der Waals surface area contributed by atoms with Crippen molar-refractivity contribution in [2.24, 2.45) is 0 Å². The van der Waals surface area contributed by atoms with Gasteiger partial charge >= 0.3 is 0 Å². The van der Waals surface area contributed by atoms with E-state index >= 15 is 0 Å². The average Bonchev–Trinajstić information content (AvgIpc) is 3.32. The zero-order valence-corrected chi connectivity index (χ0v) is 14.1. The standard InChI is InChI=1S/C18H21N5O/c1-14(21(3)18(24)15(2)22-10-4-5-11-22)16-6-8-17(9-7-16)23-13-19-12-20-23/h4-15H,1-3H3/t14-,15-/m1/s1. The highest BCUT2D eigenvalue weighted by molar-refractivity contribution is 5.80. The van der Waals surface area contributed by atoms with E-state index in [0.717, 1.165) is 11.3 Å². The molecule has 0 N–H and O–H groups in total. The van der Waals surface area contributed by atoms with Crippen molar-refractivity contribution >= 4 is 5.91 Å². The average molecular weight is 323 g/mol. The molecule has 0 saturated heterocycles. The lowest BCUT2D eigenvalue weighted by molar-refractivity contribution is -0.134. The van der Waals surface area contributed by atoms with Crippen molar-refractivity contribution < 1.29 is 4.79 Å². The van der Waals surface area contributed by atoms with E-state index in [2.05, 4.69) is 10.1 Å². The number of aromatic nitrogens is 4. The predicted molar refractivity (Wildman–Crippen MR) is 91.7 cm³/mol. The van der Waals surface area contributed by atoms with E-state index in [1.165, 1.54) is 6.33 Å². The third-order valence-corrected chi connectivity index (χ3v) is 4.42. The molecule has 0 radical (unpaired) electrons. The van der Waals surface area contributed by atoms with E-state index in [9.17, 15) is 4.79 Å². The lowest BCUT2D eigenvalue weighted by Crippen LogP contribution is -2.34. The van der Waals surface area contributed by atoms with Crippen LogP contribution in [0.5, 0.6) is 0 Å². The zero-order valence-electron chi connectivity index (χ0n) is 14.1. The summed E-state index contributed by atoms with van der Waals surface area (Å²) in [5.41, 5.74) is 2.02. The Bertz CT molecular complexity index is 777. The first kappa shape index (κ1) is 16.0. The highest BCUT2D eigenvalue weighted by Gasteiger charge is 2.23. The van der Waals surface area contributed by atoms with Crippen molar-refractivity contribution in [2.75, 3.05) is 7.05 Å². The maximum Gasteiger partial charge on any atom is 0.245 e. The molecule has 0 spiro atoms. The highest BCUT2D eigenvalue weighted by Crippen LogP contribution is 2.23. The van der Waals surface area contributed by atoms with Gasteiger partial charge in [0.15, 0.2) is 0 Å². The number of carbonyl (C=O) groups is 1. The van der Waals surface area contributed by atoms with Gasteiger partial charge in [0, 0.05) is 19.4 Å². The van der Waals surface area contributed by atoms with Gasteiger partial charge in [0.05, 0.1) is 11.7 Å². The minimum absolute atomic E-state index is 0.0136. The first-order chi connectivity index (χ1) is 11.6. The fraction of sp³-hybridized carbons (Fsp3) is 0.278. The SMILES string of the molecule is C[C@H](c1ccc(-n2cncn2)cc1)N(C)C(=O)[C@@H](C)n1cccc1. The summed E-state index contributed by atoms with van der Waals surface area (Å²) in [6.07, 6.45) is 6.99. The fourth-order valence-electron chi connectivity index (χ4n) is 2.69. The molecule has 1 aromatic carbocycles. The minimum atomic E-state index is -0.220. The van der Waals surface area contributed by atoms with Crippen LogP contribution in [0.4, 0.5) is 0 Å². The number of nitrogens with zero attached hydrogens (tertiary/aromatic N) is 5. The Balaban J connectivity index is 1.73. The smallest absolute Gasteiger partial charge is 0.245 e. The molecule has 0 aliphatic heterocycles. The predicted octanol–water partition coefficient (Wildman–Crippen LogP) is 2.85. The maximum atomic E-state index is 12.7. The second-order valence-electron chi connectivity index (χ2n) is 5.86. The van der Waals surface area contributed by atoms with Crippen molar-refractivity contribution in [2.45, 2.75) is 25.9 Å². The van der Waals surface area contributed by atoms with Crippen LogP contribution in [-0.4, -0.2) is 37.2 Å². The van der Waals surface area contributed by atoms with Gasteiger partial charge in [-0.1, -0.05) is 12.1 Å². The van der Waals surface area contributed by atoms with Gasteiger partial charge in [0.25, 0.3) is 0 Å². The topological polar surface area (TPSA) is 56.0 Å². The molecular formula is C18H21N5O. The Kier molecular flexibility index (Phi) is 4.46. The molecule has 6 heteroatoms. The molecule has 2 atom stereocenters. The second-order valence-corrected chi connectivity index (χ2v) is 5.86. The van der Waals surface area contributed by atoms with Crippen molar-refractivity contribution in [3.8, 4) is 5.69 Å². The summed E-state index contributed by atoms with van der Waals surface area (Å²) in [6.45, 7) is 3.95. The second kappa shape index (κ2) is 6.70. The third kappa shape index (κ3) is 3.08. The summed E-state index contributed by atoms with van der Waals surface area (Å²) >= 11 is 0. The lowest BCUT2D eigenvalue weighted by Gasteiger charge is -2.28. The number of likely N-dealkylation sites (N-methyl/N-ethyl adjacent to an activating group) is 1. The maximum absolute atomic E-state index is 12.7. The van der Waals surface area contributed by atoms with Crippen molar-refractivity contribution in [1.29, 1.82) is 0 Å². The molecule has 24 heavy (non-hydrogen) atoms. The molecule has 0 aliphatic rings. The number of hydrogen-bond acceptors (Lipinski definition) is 3. The third-order valence-electron chi connectivity index (χ3n) is 4.42. The molecule has 2 heterocycles. The van der Waals surface area contributed by atoms with Gasteiger partial charge in [-0.05, 0) is 43.7 Å². The van der Waals surface area contributed by atoms with E-state index in [1.54, 1.807) is 15.9 Å². The van der Waals surface area contributed by atoms with Crippen LogP contribution in [0.15, 0.2) is 61.4 Å². The first-order valence-corrected chi connectivity index (χ1v) is 7.92. The molecule has 0 fully saturated rings. The van der Waals surface area contributed by atoms with E-state index in [1.807, 2.05) is 74.3 Å². The van der Waals surface area contributed by atoms with Crippen LogP contribution < -0.4 is 0 Å². The summed E-state index contributed by atoms with van der Waals surface area (Å²) < 4.78 is 3.62. The van der Waals surface area contributed by atoms with Gasteiger partial charge in [-0.15, -0.1) is 0 Å². The Morgan fingerprint density at radius 2 is 1.79 bits per heavy atom. The number of amides is 1. The summed E-state index contributed by atoms with van der Waals surface area (Å²) in [5, 5.41) is 4.11. The van der Waals surface area contributed by atoms with Gasteiger partial charge in [0.2, 0.25) is 5.91 Å². The van der Waals surface area contributed by atoms with Crippen LogP contribution in [0.2, 0.25) is 0 Å². The number of hydrogen-bond donors (Lipinski definition) is 0. The monoisotopic (exact) mass is 323 g/mol. The lowest BCUT2D eigenvalue weighted by atomic mass is 10.1. The summed E-state index contributed by atoms with van der Waals surface area (Å²) in [5.74, 6) is 0.0825. The molecule has 6 nitrogen and oxygen atoms in total. The van der Waals surface area contributed by atoms with Crippen molar-refractivity contribution in [1.82, 2.24) is 24.2 Å². The first-order valence-electron chi connectivity index (χ1n) is 7.92. The van der Waals surface area contributed by atoms with E-state index in [4.69, 9.17) is 0 Å². The molecule has 2 aromatic heterocycles. The number of carbonyl (C=O) groups excluding carboxylic acids is 1. The van der Waals surface area contributed by atoms with E-state index < -0.39 is 0 Å². The Labute approximate surface area is 141 Å². The Hall–Kier alpha value is -2.89. The van der Waals surface area contributed by atoms with Gasteiger partial charge in [-0.25, -0.2) is 9.67 Å². The molecular weight excluding hydrogens is 302 g/mol. The van der Waals surface area contributed by atoms with Crippen LogP contribution in [0.1, 0.15) is 31.5 Å². The van der Waals surface area contributed by atoms with Gasteiger partial charge < -0.3 is 9.47 Å². The van der Waals surface area contributed by atoms with Crippen LogP contribution in [0.25, 0.3) is 5.69 Å². The zero-order chi connectivity index (χ0) is 17.1. The fourth-order valence-corrected chi connectivity index (χ4v) is 2.69. The largest absolute Gasteiger partial charge is 0.342 e. The Morgan fingerprint density at radius 1 is 1.12 bits per heavy atom. The summed E-state index contributed by atoms with van der Waals surface area (Å²) in [4.78, 5) is 18.4. The van der Waals surface area contributed by atoms with Gasteiger partial charge in [0.1, 0.15) is 18.7 Å². The highest BCUT2D eigenvalue weighted by atomic mass is 16.2. The van der Waals surface area contributed by atoms with Crippen molar-refractivity contribution in [3.05, 3.63) is 67.0 Å². The van der Waals surface area contributed by atoms with Crippen LogP contribution in [0, 0.1) is 0 Å². The quantitative estimate of drug-likeness (QED) is 0.725. The van der Waals surface area contributed by atoms with Gasteiger partial charge in [-0.3, -0.25) is 4.79 Å². The van der Waals surface area contributed by atoms with Crippen LogP contribution in [0.3, 0.4) is 0 Å². The number of benzene rings is 1. The molecule has 0 aliphatic carbocycles. The molecule has 0 bridgehead atoms. The molecule has 124 valence electrons. The van der Waals surface area contributed by atoms with Crippen LogP contribution in [-0.2, 0) is 4.79 Å². The summed E-state index contributed by atoms with van der Waals surface area (Å²) in [6, 6.07) is 11.6. The Morgan fingerprint density at radius 3 is 2.38 bits per heavy atom. The van der Waals surface area contributed by atoms with E-state index in [-0.39, 0.29) is 18.0 Å². The molecule has 0 saturated carbocycles. The molecule has 3 aromatic rings. The number of rotatable bonds is 5. The molecule has 1 amide bonds. The van der Waals surface area contributed by atoms with Crippen molar-refractivity contribution in [3.63, 3.8) is 0 Å². The van der Waals surface area contributed by atoms with E-state index in [0.29, 0.717) is 0 Å². The molecule has 0 unspecified atom stereocenters. The van der Waals surface area contributed by atoms with Gasteiger partial charge in [-0.2, -0.15) is 5.10 Å². The normalized spacial score (nSPS) is 13.5. The summed E-state index contributed by atoms with van der Waals surface area (Å²) in [7, 11) is 1.85. The molecule has 3 rings (SSSR count). The van der Waals surface area contributed by atoms with Crippen LogP contribution >= 0.6 is 0 Å².